The van der Waals surface area contributed by atoms with Gasteiger partial charge in [-0.05, 0) is 55.0 Å². The molecule has 0 amide bonds. The number of rotatable bonds is 6. The topological polar surface area (TPSA) is 81.4 Å². The van der Waals surface area contributed by atoms with Crippen molar-refractivity contribution in [3.05, 3.63) is 48.5 Å². The summed E-state index contributed by atoms with van der Waals surface area (Å²) < 4.78 is 32.3. The van der Waals surface area contributed by atoms with E-state index in [9.17, 15) is 8.42 Å². The Morgan fingerprint density at radius 2 is 1.67 bits per heavy atom. The van der Waals surface area contributed by atoms with Gasteiger partial charge >= 0.3 is 0 Å². The molecule has 0 bridgehead atoms. The first-order chi connectivity index (χ1) is 10.0. The molecule has 0 heterocycles. The molecule has 2 aromatic rings. The molecule has 112 valence electrons. The van der Waals surface area contributed by atoms with Crippen LogP contribution in [0.3, 0.4) is 0 Å². The first-order valence-corrected chi connectivity index (χ1v) is 8.11. The molecular weight excluding hydrogens is 288 g/mol. The second kappa shape index (κ2) is 6.49. The molecule has 0 aliphatic carbocycles. The lowest BCUT2D eigenvalue weighted by Crippen LogP contribution is -2.12. The van der Waals surface area contributed by atoms with Crippen LogP contribution in [-0.2, 0) is 10.0 Å². The summed E-state index contributed by atoms with van der Waals surface area (Å²) in [5, 5.41) is 0. The molecule has 0 saturated carbocycles. The van der Waals surface area contributed by atoms with Crippen LogP contribution in [0.2, 0.25) is 0 Å². The minimum atomic E-state index is -3.61. The quantitative estimate of drug-likeness (QED) is 0.804. The number of hydrogen-bond acceptors (Lipinski definition) is 4. The zero-order valence-electron chi connectivity index (χ0n) is 11.7. The van der Waals surface area contributed by atoms with Crippen LogP contribution in [0.5, 0.6) is 5.75 Å². The van der Waals surface area contributed by atoms with Crippen LogP contribution in [0.25, 0.3) is 0 Å². The van der Waals surface area contributed by atoms with Crippen LogP contribution in [0.15, 0.2) is 53.4 Å². The molecule has 21 heavy (non-hydrogen) atoms. The fourth-order valence-corrected chi connectivity index (χ4v) is 2.76. The minimum absolute atomic E-state index is 0.169. The van der Waals surface area contributed by atoms with Gasteiger partial charge in [-0.3, -0.25) is 4.72 Å². The predicted molar refractivity (Wildman–Crippen MR) is 83.9 cm³/mol. The van der Waals surface area contributed by atoms with Crippen LogP contribution in [-0.4, -0.2) is 15.0 Å². The highest BCUT2D eigenvalue weighted by molar-refractivity contribution is 7.92. The Bertz CT molecular complexity index is 680. The van der Waals surface area contributed by atoms with Crippen molar-refractivity contribution in [2.24, 2.45) is 0 Å². The Morgan fingerprint density at radius 1 is 1.05 bits per heavy atom. The summed E-state index contributed by atoms with van der Waals surface area (Å²) >= 11 is 0. The number of benzene rings is 2. The molecule has 2 aromatic carbocycles. The van der Waals surface area contributed by atoms with Crippen molar-refractivity contribution in [3.8, 4) is 5.75 Å². The normalized spacial score (nSPS) is 11.1. The van der Waals surface area contributed by atoms with E-state index in [-0.39, 0.29) is 4.90 Å². The van der Waals surface area contributed by atoms with Gasteiger partial charge in [0.05, 0.1) is 11.5 Å². The Labute approximate surface area is 124 Å². The van der Waals surface area contributed by atoms with Gasteiger partial charge in [0.2, 0.25) is 0 Å². The van der Waals surface area contributed by atoms with E-state index in [2.05, 4.69) is 4.72 Å². The van der Waals surface area contributed by atoms with Gasteiger partial charge < -0.3 is 10.5 Å². The smallest absolute Gasteiger partial charge is 0.261 e. The minimum Gasteiger partial charge on any atom is -0.494 e. The van der Waals surface area contributed by atoms with Gasteiger partial charge in [0.1, 0.15) is 5.75 Å². The average molecular weight is 306 g/mol. The highest BCUT2D eigenvalue weighted by Crippen LogP contribution is 2.20. The SMILES string of the molecule is CCCOc1ccc(NS(=O)(=O)c2ccc(N)cc2)cc1. The fourth-order valence-electron chi connectivity index (χ4n) is 1.70. The van der Waals surface area contributed by atoms with Gasteiger partial charge in [0.15, 0.2) is 0 Å². The van der Waals surface area contributed by atoms with E-state index in [1.165, 1.54) is 12.1 Å². The summed E-state index contributed by atoms with van der Waals surface area (Å²) in [6.07, 6.45) is 0.922. The molecular formula is C15H18N2O3S. The van der Waals surface area contributed by atoms with E-state index in [0.29, 0.717) is 23.7 Å². The number of anilines is 2. The van der Waals surface area contributed by atoms with Gasteiger partial charge in [-0.25, -0.2) is 8.42 Å². The van der Waals surface area contributed by atoms with Gasteiger partial charge in [0, 0.05) is 11.4 Å². The maximum atomic E-state index is 12.2. The van der Waals surface area contributed by atoms with Crippen molar-refractivity contribution in [2.75, 3.05) is 17.1 Å². The number of nitrogen functional groups attached to an aromatic ring is 1. The van der Waals surface area contributed by atoms with E-state index < -0.39 is 10.0 Å². The lowest BCUT2D eigenvalue weighted by Gasteiger charge is -2.09. The number of hydrogen-bond donors (Lipinski definition) is 2. The van der Waals surface area contributed by atoms with Gasteiger partial charge in [-0.15, -0.1) is 0 Å². The molecule has 0 aliphatic rings. The Kier molecular flexibility index (Phi) is 4.70. The fraction of sp³-hybridized carbons (Fsp3) is 0.200. The molecule has 0 aromatic heterocycles. The zero-order chi connectivity index (χ0) is 15.3. The van der Waals surface area contributed by atoms with Crippen molar-refractivity contribution in [1.29, 1.82) is 0 Å². The van der Waals surface area contributed by atoms with Gasteiger partial charge in [0.25, 0.3) is 10.0 Å². The Morgan fingerprint density at radius 3 is 2.24 bits per heavy atom. The molecule has 0 atom stereocenters. The van der Waals surface area contributed by atoms with Crippen molar-refractivity contribution >= 4 is 21.4 Å². The van der Waals surface area contributed by atoms with E-state index in [1.54, 1.807) is 36.4 Å². The third-order valence-electron chi connectivity index (χ3n) is 2.77. The van der Waals surface area contributed by atoms with Crippen molar-refractivity contribution in [1.82, 2.24) is 0 Å². The average Bonchev–Trinajstić information content (AvgIpc) is 2.47. The monoisotopic (exact) mass is 306 g/mol. The maximum absolute atomic E-state index is 12.2. The third-order valence-corrected chi connectivity index (χ3v) is 4.17. The van der Waals surface area contributed by atoms with Crippen LogP contribution >= 0.6 is 0 Å². The number of nitrogens with one attached hydrogen (secondary N) is 1. The Hall–Kier alpha value is -2.21. The summed E-state index contributed by atoms with van der Waals surface area (Å²) in [7, 11) is -3.61. The van der Waals surface area contributed by atoms with Crippen LogP contribution in [0.1, 0.15) is 13.3 Å². The van der Waals surface area contributed by atoms with Gasteiger partial charge in [-0.2, -0.15) is 0 Å². The summed E-state index contributed by atoms with van der Waals surface area (Å²) in [6, 6.07) is 12.8. The van der Waals surface area contributed by atoms with Crippen LogP contribution in [0, 0.1) is 0 Å². The molecule has 0 spiro atoms. The number of sulfonamides is 1. The molecule has 0 radical (unpaired) electrons. The van der Waals surface area contributed by atoms with Crippen LogP contribution in [0.4, 0.5) is 11.4 Å². The highest BCUT2D eigenvalue weighted by Gasteiger charge is 2.13. The predicted octanol–water partition coefficient (Wildman–Crippen LogP) is 2.86. The summed E-state index contributed by atoms with van der Waals surface area (Å²) in [5.41, 5.74) is 6.55. The van der Waals surface area contributed by atoms with Crippen LogP contribution < -0.4 is 15.2 Å². The molecule has 0 fully saturated rings. The van der Waals surface area contributed by atoms with Crippen molar-refractivity contribution in [2.45, 2.75) is 18.2 Å². The first kappa shape index (κ1) is 15.2. The molecule has 0 saturated heterocycles. The second-order valence-corrected chi connectivity index (χ2v) is 6.23. The maximum Gasteiger partial charge on any atom is 0.261 e. The number of nitrogens with two attached hydrogens (primary N) is 1. The van der Waals surface area contributed by atoms with E-state index >= 15 is 0 Å². The van der Waals surface area contributed by atoms with Crippen molar-refractivity contribution < 1.29 is 13.2 Å². The first-order valence-electron chi connectivity index (χ1n) is 6.62. The molecule has 5 nitrogen and oxygen atoms in total. The number of ether oxygens (including phenoxy) is 1. The summed E-state index contributed by atoms with van der Waals surface area (Å²) in [4.78, 5) is 0.169. The van der Waals surface area contributed by atoms with Crippen molar-refractivity contribution in [3.63, 3.8) is 0 Å². The van der Waals surface area contributed by atoms with E-state index in [4.69, 9.17) is 10.5 Å². The summed E-state index contributed by atoms with van der Waals surface area (Å²) in [5.74, 6) is 0.715. The molecule has 2 rings (SSSR count). The van der Waals surface area contributed by atoms with E-state index in [1.807, 2.05) is 6.92 Å². The molecule has 0 unspecified atom stereocenters. The molecule has 3 N–H and O–H groups in total. The largest absolute Gasteiger partial charge is 0.494 e. The molecule has 6 heteroatoms. The summed E-state index contributed by atoms with van der Waals surface area (Å²) in [6.45, 7) is 2.66. The van der Waals surface area contributed by atoms with E-state index in [0.717, 1.165) is 6.42 Å². The third kappa shape index (κ3) is 4.13. The zero-order valence-corrected chi connectivity index (χ0v) is 12.6. The Balaban J connectivity index is 2.11. The second-order valence-electron chi connectivity index (χ2n) is 4.55. The molecule has 0 aliphatic heterocycles. The lowest BCUT2D eigenvalue weighted by atomic mass is 10.3. The lowest BCUT2D eigenvalue weighted by molar-refractivity contribution is 0.317. The standard InChI is InChI=1S/C15H18N2O3S/c1-2-11-20-14-7-5-13(6-8-14)17-21(18,19)15-9-3-12(16)4-10-15/h3-10,17H,2,11,16H2,1H3. The van der Waals surface area contributed by atoms with Gasteiger partial charge in [-0.1, -0.05) is 6.92 Å². The highest BCUT2D eigenvalue weighted by atomic mass is 32.2.